The Morgan fingerprint density at radius 2 is 2.10 bits per heavy atom. The Morgan fingerprint density at radius 3 is 2.67 bits per heavy atom. The highest BCUT2D eigenvalue weighted by Gasteiger charge is 2.33. The third-order valence-corrected chi connectivity index (χ3v) is 3.88. The van der Waals surface area contributed by atoms with Gasteiger partial charge in [-0.3, -0.25) is 4.79 Å². The number of carbonyl (C=O) groups is 1. The number of hydrogen-bond acceptors (Lipinski definition) is 3. The van der Waals surface area contributed by atoms with E-state index in [2.05, 4.69) is 4.98 Å². The summed E-state index contributed by atoms with van der Waals surface area (Å²) in [5.74, 6) is 1.08. The summed E-state index contributed by atoms with van der Waals surface area (Å²) in [6.07, 6.45) is 6.28. The monoisotopic (exact) mass is 284 g/mol. The normalized spacial score (nSPS) is 14.1. The van der Waals surface area contributed by atoms with Crippen LogP contribution in [-0.2, 0) is 24.8 Å². The van der Waals surface area contributed by atoms with Crippen LogP contribution in [0.25, 0.3) is 0 Å². The zero-order chi connectivity index (χ0) is 14.8. The molecule has 1 aromatic heterocycles. The Balaban J connectivity index is 1.70. The zero-order valence-electron chi connectivity index (χ0n) is 12.2. The van der Waals surface area contributed by atoms with Crippen molar-refractivity contribution in [1.29, 1.82) is 0 Å². The van der Waals surface area contributed by atoms with Gasteiger partial charge in [0.1, 0.15) is 5.82 Å². The lowest BCUT2D eigenvalue weighted by Crippen LogP contribution is -2.34. The first-order chi connectivity index (χ1) is 10.1. The maximum Gasteiger partial charge on any atom is 0.227 e. The number of benzene rings is 1. The molecule has 1 aromatic carbocycles. The first kappa shape index (κ1) is 13.7. The zero-order valence-corrected chi connectivity index (χ0v) is 12.2. The maximum atomic E-state index is 12.6. The van der Waals surface area contributed by atoms with E-state index in [1.165, 1.54) is 0 Å². The molecule has 0 radical (unpaired) electrons. The lowest BCUT2D eigenvalue weighted by Gasteiger charge is -2.22. The van der Waals surface area contributed by atoms with Gasteiger partial charge in [0, 0.05) is 31.2 Å². The summed E-state index contributed by atoms with van der Waals surface area (Å²) >= 11 is 0. The number of amides is 1. The van der Waals surface area contributed by atoms with Crippen molar-refractivity contribution in [2.75, 3.05) is 5.73 Å². The standard InChI is InChI=1S/C16H20N4O/c1-19-9-8-18-15(19)11-20(14-6-7-14)16(21)10-12-2-4-13(17)5-3-12/h2-5,8-9,14H,6-7,10-11,17H2,1H3. The van der Waals surface area contributed by atoms with Crippen molar-refractivity contribution >= 4 is 11.6 Å². The fourth-order valence-electron chi connectivity index (χ4n) is 2.42. The van der Waals surface area contributed by atoms with E-state index in [0.717, 1.165) is 29.9 Å². The number of hydrogen-bond donors (Lipinski definition) is 1. The van der Waals surface area contributed by atoms with Gasteiger partial charge in [0.05, 0.1) is 13.0 Å². The van der Waals surface area contributed by atoms with Gasteiger partial charge in [-0.25, -0.2) is 4.98 Å². The Hall–Kier alpha value is -2.30. The number of nitrogens with zero attached hydrogens (tertiary/aromatic N) is 3. The molecule has 1 amide bonds. The van der Waals surface area contributed by atoms with Crippen molar-refractivity contribution < 1.29 is 4.79 Å². The van der Waals surface area contributed by atoms with Gasteiger partial charge in [-0.05, 0) is 30.5 Å². The number of aryl methyl sites for hydroxylation is 1. The summed E-state index contributed by atoms with van der Waals surface area (Å²) in [6, 6.07) is 7.88. The molecule has 21 heavy (non-hydrogen) atoms. The molecular weight excluding hydrogens is 264 g/mol. The van der Waals surface area contributed by atoms with Gasteiger partial charge in [0.2, 0.25) is 5.91 Å². The lowest BCUT2D eigenvalue weighted by molar-refractivity contribution is -0.131. The van der Waals surface area contributed by atoms with Gasteiger partial charge >= 0.3 is 0 Å². The molecule has 0 unspecified atom stereocenters. The third-order valence-electron chi connectivity index (χ3n) is 3.88. The molecule has 1 aliphatic rings. The van der Waals surface area contributed by atoms with Crippen molar-refractivity contribution in [3.63, 3.8) is 0 Å². The molecule has 1 heterocycles. The molecule has 1 aliphatic carbocycles. The second-order valence-corrected chi connectivity index (χ2v) is 5.63. The summed E-state index contributed by atoms with van der Waals surface area (Å²) < 4.78 is 1.96. The summed E-state index contributed by atoms with van der Waals surface area (Å²) in [5.41, 5.74) is 7.40. The van der Waals surface area contributed by atoms with Crippen molar-refractivity contribution in [3.05, 3.63) is 48.0 Å². The Labute approximate surface area is 124 Å². The largest absolute Gasteiger partial charge is 0.399 e. The molecule has 5 heteroatoms. The number of nitrogen functional groups attached to an aromatic ring is 1. The summed E-state index contributed by atoms with van der Waals surface area (Å²) in [6.45, 7) is 0.585. The third kappa shape index (κ3) is 3.24. The van der Waals surface area contributed by atoms with E-state index in [4.69, 9.17) is 5.73 Å². The van der Waals surface area contributed by atoms with Gasteiger partial charge in [-0.2, -0.15) is 0 Å². The van der Waals surface area contributed by atoms with Crippen LogP contribution in [-0.4, -0.2) is 26.4 Å². The Morgan fingerprint density at radius 1 is 1.38 bits per heavy atom. The van der Waals surface area contributed by atoms with E-state index in [1.807, 2.05) is 47.0 Å². The molecule has 2 aromatic rings. The van der Waals surface area contributed by atoms with Crippen LogP contribution in [0.4, 0.5) is 5.69 Å². The Kier molecular flexibility index (Phi) is 3.64. The van der Waals surface area contributed by atoms with E-state index in [0.29, 0.717) is 19.0 Å². The van der Waals surface area contributed by atoms with Crippen LogP contribution in [0.1, 0.15) is 24.2 Å². The molecule has 3 rings (SSSR count). The quantitative estimate of drug-likeness (QED) is 0.851. The van der Waals surface area contributed by atoms with Gasteiger partial charge in [0.25, 0.3) is 0 Å². The van der Waals surface area contributed by atoms with Crippen LogP contribution < -0.4 is 5.73 Å². The van der Waals surface area contributed by atoms with E-state index in [1.54, 1.807) is 6.20 Å². The molecule has 0 saturated heterocycles. The summed E-state index contributed by atoms with van der Waals surface area (Å²) in [4.78, 5) is 18.9. The molecule has 1 saturated carbocycles. The van der Waals surface area contributed by atoms with Crippen molar-refractivity contribution in [1.82, 2.24) is 14.5 Å². The summed E-state index contributed by atoms with van der Waals surface area (Å²) in [5, 5.41) is 0. The van der Waals surface area contributed by atoms with Crippen molar-refractivity contribution in [2.24, 2.45) is 7.05 Å². The lowest BCUT2D eigenvalue weighted by atomic mass is 10.1. The highest BCUT2D eigenvalue weighted by Crippen LogP contribution is 2.28. The predicted octanol–water partition coefficient (Wildman–Crippen LogP) is 1.74. The second-order valence-electron chi connectivity index (χ2n) is 5.63. The molecule has 2 N–H and O–H groups in total. The molecule has 5 nitrogen and oxygen atoms in total. The first-order valence-electron chi connectivity index (χ1n) is 7.23. The highest BCUT2D eigenvalue weighted by atomic mass is 16.2. The molecule has 110 valence electrons. The van der Waals surface area contributed by atoms with Crippen LogP contribution in [0.3, 0.4) is 0 Å². The molecule has 0 spiro atoms. The van der Waals surface area contributed by atoms with Gasteiger partial charge in [-0.15, -0.1) is 0 Å². The van der Waals surface area contributed by atoms with E-state index >= 15 is 0 Å². The predicted molar refractivity (Wildman–Crippen MR) is 81.3 cm³/mol. The second kappa shape index (κ2) is 5.60. The van der Waals surface area contributed by atoms with E-state index < -0.39 is 0 Å². The van der Waals surface area contributed by atoms with E-state index in [9.17, 15) is 4.79 Å². The number of aromatic nitrogens is 2. The van der Waals surface area contributed by atoms with Gasteiger partial charge < -0.3 is 15.2 Å². The number of anilines is 1. The number of nitrogens with two attached hydrogens (primary N) is 1. The summed E-state index contributed by atoms with van der Waals surface area (Å²) in [7, 11) is 1.96. The molecule has 0 atom stereocenters. The van der Waals surface area contributed by atoms with Crippen LogP contribution in [0.5, 0.6) is 0 Å². The minimum atomic E-state index is 0.158. The maximum absolute atomic E-state index is 12.6. The minimum absolute atomic E-state index is 0.158. The van der Waals surface area contributed by atoms with Gasteiger partial charge in [-0.1, -0.05) is 12.1 Å². The SMILES string of the molecule is Cn1ccnc1CN(C(=O)Cc1ccc(N)cc1)C1CC1. The number of imidazole rings is 1. The average molecular weight is 284 g/mol. The fourth-order valence-corrected chi connectivity index (χ4v) is 2.42. The van der Waals surface area contributed by atoms with Gasteiger partial charge in [0.15, 0.2) is 0 Å². The minimum Gasteiger partial charge on any atom is -0.399 e. The molecule has 1 fully saturated rings. The van der Waals surface area contributed by atoms with Crippen LogP contribution in [0, 0.1) is 0 Å². The molecule has 0 aliphatic heterocycles. The molecule has 0 bridgehead atoms. The Bertz CT molecular complexity index is 628. The smallest absolute Gasteiger partial charge is 0.227 e. The van der Waals surface area contributed by atoms with Crippen LogP contribution in [0.15, 0.2) is 36.7 Å². The molecular formula is C16H20N4O. The van der Waals surface area contributed by atoms with Crippen LogP contribution in [0.2, 0.25) is 0 Å². The van der Waals surface area contributed by atoms with Crippen LogP contribution >= 0.6 is 0 Å². The van der Waals surface area contributed by atoms with Crippen molar-refractivity contribution in [3.8, 4) is 0 Å². The fraction of sp³-hybridized carbons (Fsp3) is 0.375. The number of rotatable bonds is 5. The average Bonchev–Trinajstić information content (AvgIpc) is 3.22. The topological polar surface area (TPSA) is 64.2 Å². The van der Waals surface area contributed by atoms with E-state index in [-0.39, 0.29) is 5.91 Å². The van der Waals surface area contributed by atoms with Crippen molar-refractivity contribution in [2.45, 2.75) is 31.8 Å². The first-order valence-corrected chi connectivity index (χ1v) is 7.23. The highest BCUT2D eigenvalue weighted by molar-refractivity contribution is 5.79. The number of carbonyl (C=O) groups excluding carboxylic acids is 1.